The van der Waals surface area contributed by atoms with Gasteiger partial charge in [-0.05, 0) is 26.0 Å². The SMILES string of the molecule is CCOc1cccc(OCC)c1C1CN=C(N)NC1. The third-order valence-electron chi connectivity index (χ3n) is 3.05. The van der Waals surface area contributed by atoms with Gasteiger partial charge in [-0.1, -0.05) is 6.07 Å². The van der Waals surface area contributed by atoms with Gasteiger partial charge in [-0.2, -0.15) is 0 Å². The van der Waals surface area contributed by atoms with Crippen LogP contribution in [-0.2, 0) is 0 Å². The highest BCUT2D eigenvalue weighted by Crippen LogP contribution is 2.36. The van der Waals surface area contributed by atoms with Crippen LogP contribution < -0.4 is 20.5 Å². The molecule has 2 rings (SSSR count). The van der Waals surface area contributed by atoms with E-state index >= 15 is 0 Å². The summed E-state index contributed by atoms with van der Waals surface area (Å²) in [5.41, 5.74) is 6.72. The second-order valence-electron chi connectivity index (χ2n) is 4.34. The average Bonchev–Trinajstić information content (AvgIpc) is 2.41. The van der Waals surface area contributed by atoms with Crippen molar-refractivity contribution in [3.63, 3.8) is 0 Å². The van der Waals surface area contributed by atoms with Gasteiger partial charge < -0.3 is 20.5 Å². The van der Waals surface area contributed by atoms with Crippen molar-refractivity contribution >= 4 is 5.96 Å². The molecule has 1 aliphatic heterocycles. The first-order chi connectivity index (χ1) is 9.26. The van der Waals surface area contributed by atoms with Crippen LogP contribution in [0.5, 0.6) is 11.5 Å². The molecule has 1 aromatic rings. The zero-order chi connectivity index (χ0) is 13.7. The third-order valence-corrected chi connectivity index (χ3v) is 3.05. The molecule has 1 aromatic carbocycles. The summed E-state index contributed by atoms with van der Waals surface area (Å²) in [6.45, 7) is 6.63. The zero-order valence-corrected chi connectivity index (χ0v) is 11.5. The smallest absolute Gasteiger partial charge is 0.188 e. The zero-order valence-electron chi connectivity index (χ0n) is 11.5. The molecule has 1 unspecified atom stereocenters. The van der Waals surface area contributed by atoms with Crippen LogP contribution in [0.1, 0.15) is 25.3 Å². The number of benzene rings is 1. The molecule has 5 heteroatoms. The summed E-state index contributed by atoms with van der Waals surface area (Å²) < 4.78 is 11.4. The molecular weight excluding hydrogens is 242 g/mol. The first kappa shape index (κ1) is 13.5. The van der Waals surface area contributed by atoms with Crippen molar-refractivity contribution in [2.45, 2.75) is 19.8 Å². The Morgan fingerprint density at radius 3 is 2.37 bits per heavy atom. The number of nitrogens with zero attached hydrogens (tertiary/aromatic N) is 1. The molecule has 104 valence electrons. The van der Waals surface area contributed by atoms with Gasteiger partial charge in [0, 0.05) is 18.0 Å². The van der Waals surface area contributed by atoms with Crippen LogP contribution in [0.3, 0.4) is 0 Å². The average molecular weight is 263 g/mol. The highest BCUT2D eigenvalue weighted by Gasteiger charge is 2.23. The van der Waals surface area contributed by atoms with Gasteiger partial charge in [0.1, 0.15) is 11.5 Å². The Morgan fingerprint density at radius 2 is 1.89 bits per heavy atom. The molecular formula is C14H21N3O2. The fraction of sp³-hybridized carbons (Fsp3) is 0.500. The minimum absolute atomic E-state index is 0.219. The number of nitrogens with one attached hydrogen (secondary N) is 1. The quantitative estimate of drug-likeness (QED) is 0.844. The van der Waals surface area contributed by atoms with Crippen LogP contribution in [0.4, 0.5) is 0 Å². The lowest BCUT2D eigenvalue weighted by Gasteiger charge is -2.25. The van der Waals surface area contributed by atoms with Crippen LogP contribution in [-0.4, -0.2) is 32.3 Å². The minimum atomic E-state index is 0.219. The van der Waals surface area contributed by atoms with Gasteiger partial charge in [-0.3, -0.25) is 4.99 Å². The number of ether oxygens (including phenoxy) is 2. The van der Waals surface area contributed by atoms with Gasteiger partial charge in [-0.25, -0.2) is 0 Å². The summed E-state index contributed by atoms with van der Waals surface area (Å²) >= 11 is 0. The number of nitrogens with two attached hydrogens (primary N) is 1. The maximum absolute atomic E-state index is 5.72. The molecule has 0 saturated heterocycles. The Bertz CT molecular complexity index is 436. The maximum atomic E-state index is 5.72. The molecule has 5 nitrogen and oxygen atoms in total. The van der Waals surface area contributed by atoms with E-state index in [4.69, 9.17) is 15.2 Å². The summed E-state index contributed by atoms with van der Waals surface area (Å²) in [6, 6.07) is 5.90. The molecule has 0 fully saturated rings. The molecule has 0 bridgehead atoms. The van der Waals surface area contributed by atoms with E-state index in [0.29, 0.717) is 25.7 Å². The predicted octanol–water partition coefficient (Wildman–Crippen LogP) is 1.49. The van der Waals surface area contributed by atoms with E-state index in [9.17, 15) is 0 Å². The van der Waals surface area contributed by atoms with E-state index in [1.165, 1.54) is 0 Å². The van der Waals surface area contributed by atoms with Crippen LogP contribution >= 0.6 is 0 Å². The van der Waals surface area contributed by atoms with Crippen molar-refractivity contribution < 1.29 is 9.47 Å². The van der Waals surface area contributed by atoms with E-state index in [2.05, 4.69) is 10.3 Å². The minimum Gasteiger partial charge on any atom is -0.493 e. The lowest BCUT2D eigenvalue weighted by molar-refractivity contribution is 0.312. The highest BCUT2D eigenvalue weighted by atomic mass is 16.5. The Labute approximate surface area is 113 Å². The first-order valence-corrected chi connectivity index (χ1v) is 6.68. The summed E-state index contributed by atoms with van der Waals surface area (Å²) in [4.78, 5) is 4.26. The molecule has 1 atom stereocenters. The monoisotopic (exact) mass is 263 g/mol. The Kier molecular flexibility index (Phi) is 4.49. The number of hydrogen-bond donors (Lipinski definition) is 2. The molecule has 0 amide bonds. The summed E-state index contributed by atoms with van der Waals surface area (Å²) in [6.07, 6.45) is 0. The van der Waals surface area contributed by atoms with Gasteiger partial charge in [-0.15, -0.1) is 0 Å². The molecule has 0 aromatic heterocycles. The van der Waals surface area contributed by atoms with Gasteiger partial charge in [0.05, 0.1) is 19.8 Å². The van der Waals surface area contributed by atoms with Crippen LogP contribution in [0.15, 0.2) is 23.2 Å². The molecule has 3 N–H and O–H groups in total. The number of aliphatic imine (C=N–C) groups is 1. The standard InChI is InChI=1S/C14H21N3O2/c1-3-18-11-6-5-7-12(19-4-2)13(11)10-8-16-14(15)17-9-10/h5-7,10H,3-4,8-9H2,1-2H3,(H3,15,16,17). The molecule has 1 heterocycles. The Hall–Kier alpha value is -1.91. The predicted molar refractivity (Wildman–Crippen MR) is 76.0 cm³/mol. The molecule has 19 heavy (non-hydrogen) atoms. The number of hydrogen-bond acceptors (Lipinski definition) is 5. The van der Waals surface area contributed by atoms with Crippen molar-refractivity contribution in [2.75, 3.05) is 26.3 Å². The van der Waals surface area contributed by atoms with Gasteiger partial charge in [0.25, 0.3) is 0 Å². The van der Waals surface area contributed by atoms with Crippen LogP contribution in [0.2, 0.25) is 0 Å². The molecule has 1 aliphatic rings. The van der Waals surface area contributed by atoms with E-state index in [0.717, 1.165) is 23.6 Å². The fourth-order valence-electron chi connectivity index (χ4n) is 2.24. The third kappa shape index (κ3) is 3.10. The molecule has 0 saturated carbocycles. The molecule has 0 aliphatic carbocycles. The molecule has 0 radical (unpaired) electrons. The van der Waals surface area contributed by atoms with E-state index in [1.54, 1.807) is 0 Å². The highest BCUT2D eigenvalue weighted by molar-refractivity contribution is 5.78. The number of guanidine groups is 1. The van der Waals surface area contributed by atoms with E-state index in [1.807, 2.05) is 32.0 Å². The number of rotatable bonds is 5. The van der Waals surface area contributed by atoms with E-state index in [-0.39, 0.29) is 5.92 Å². The van der Waals surface area contributed by atoms with Gasteiger partial charge >= 0.3 is 0 Å². The molecule has 0 spiro atoms. The maximum Gasteiger partial charge on any atom is 0.188 e. The van der Waals surface area contributed by atoms with Crippen molar-refractivity contribution in [2.24, 2.45) is 10.7 Å². The van der Waals surface area contributed by atoms with Crippen molar-refractivity contribution in [1.29, 1.82) is 0 Å². The first-order valence-electron chi connectivity index (χ1n) is 6.68. The Morgan fingerprint density at radius 1 is 1.26 bits per heavy atom. The fourth-order valence-corrected chi connectivity index (χ4v) is 2.24. The van der Waals surface area contributed by atoms with Gasteiger partial charge in [0.2, 0.25) is 0 Å². The van der Waals surface area contributed by atoms with E-state index < -0.39 is 0 Å². The Balaban J connectivity index is 2.34. The van der Waals surface area contributed by atoms with Crippen molar-refractivity contribution in [1.82, 2.24) is 5.32 Å². The normalized spacial score (nSPS) is 18.4. The second-order valence-corrected chi connectivity index (χ2v) is 4.34. The summed E-state index contributed by atoms with van der Waals surface area (Å²) in [7, 11) is 0. The lowest BCUT2D eigenvalue weighted by atomic mass is 9.96. The van der Waals surface area contributed by atoms with Crippen LogP contribution in [0.25, 0.3) is 0 Å². The van der Waals surface area contributed by atoms with Crippen molar-refractivity contribution in [3.05, 3.63) is 23.8 Å². The van der Waals surface area contributed by atoms with Gasteiger partial charge in [0.15, 0.2) is 5.96 Å². The summed E-state index contributed by atoms with van der Waals surface area (Å²) in [5.74, 6) is 2.46. The second kappa shape index (κ2) is 6.31. The van der Waals surface area contributed by atoms with Crippen LogP contribution in [0, 0.1) is 0 Å². The lowest BCUT2D eigenvalue weighted by Crippen LogP contribution is -2.40. The largest absolute Gasteiger partial charge is 0.493 e. The van der Waals surface area contributed by atoms with Crippen molar-refractivity contribution in [3.8, 4) is 11.5 Å². The topological polar surface area (TPSA) is 68.9 Å². The summed E-state index contributed by atoms with van der Waals surface area (Å²) in [5, 5.41) is 3.09.